The van der Waals surface area contributed by atoms with Gasteiger partial charge in [-0.25, -0.2) is 4.79 Å². The van der Waals surface area contributed by atoms with Crippen molar-refractivity contribution in [3.8, 4) is 0 Å². The molecular formula is C14H13ClN2O2. The number of rotatable bonds is 3. The van der Waals surface area contributed by atoms with Crippen LogP contribution in [0.4, 0.5) is 17.1 Å². The Morgan fingerprint density at radius 2 is 1.95 bits per heavy atom. The molecule has 0 aromatic heterocycles. The van der Waals surface area contributed by atoms with Crippen molar-refractivity contribution in [1.29, 1.82) is 0 Å². The van der Waals surface area contributed by atoms with Gasteiger partial charge in [0.15, 0.2) is 0 Å². The summed E-state index contributed by atoms with van der Waals surface area (Å²) in [4.78, 5) is 11.2. The van der Waals surface area contributed by atoms with Crippen molar-refractivity contribution in [1.82, 2.24) is 0 Å². The third-order valence-corrected chi connectivity index (χ3v) is 3.26. The summed E-state index contributed by atoms with van der Waals surface area (Å²) in [6, 6.07) is 10.1. The van der Waals surface area contributed by atoms with Crippen LogP contribution in [0.25, 0.3) is 0 Å². The molecule has 0 saturated heterocycles. The van der Waals surface area contributed by atoms with Crippen LogP contribution in [-0.2, 0) is 0 Å². The lowest BCUT2D eigenvalue weighted by Gasteiger charge is -2.14. The Labute approximate surface area is 115 Å². The van der Waals surface area contributed by atoms with Gasteiger partial charge >= 0.3 is 5.97 Å². The average Bonchev–Trinajstić information content (AvgIpc) is 2.36. The van der Waals surface area contributed by atoms with Crippen molar-refractivity contribution in [2.75, 3.05) is 11.1 Å². The summed E-state index contributed by atoms with van der Waals surface area (Å²) in [6.45, 7) is 1.85. The molecule has 0 bridgehead atoms. The van der Waals surface area contributed by atoms with E-state index in [9.17, 15) is 9.90 Å². The Hall–Kier alpha value is -2.20. The summed E-state index contributed by atoms with van der Waals surface area (Å²) in [5, 5.41) is 12.8. The van der Waals surface area contributed by atoms with E-state index < -0.39 is 5.97 Å². The fourth-order valence-corrected chi connectivity index (χ4v) is 1.94. The van der Waals surface area contributed by atoms with Crippen LogP contribution in [-0.4, -0.2) is 11.1 Å². The Bertz CT molecular complexity index is 641. The molecule has 2 rings (SSSR count). The first-order valence-corrected chi connectivity index (χ1v) is 6.02. The minimum absolute atomic E-state index is 0.124. The van der Waals surface area contributed by atoms with Gasteiger partial charge < -0.3 is 16.2 Å². The predicted molar refractivity (Wildman–Crippen MR) is 77.3 cm³/mol. The van der Waals surface area contributed by atoms with Crippen molar-refractivity contribution in [2.24, 2.45) is 0 Å². The van der Waals surface area contributed by atoms with Crippen LogP contribution in [0.3, 0.4) is 0 Å². The molecule has 0 fully saturated rings. The van der Waals surface area contributed by atoms with E-state index in [2.05, 4.69) is 5.32 Å². The van der Waals surface area contributed by atoms with Gasteiger partial charge in [-0.2, -0.15) is 0 Å². The molecule has 19 heavy (non-hydrogen) atoms. The van der Waals surface area contributed by atoms with E-state index >= 15 is 0 Å². The van der Waals surface area contributed by atoms with Crippen LogP contribution in [0.1, 0.15) is 15.9 Å². The van der Waals surface area contributed by atoms with E-state index in [0.29, 0.717) is 16.4 Å². The standard InChI is InChI=1S/C14H13ClN2O2/c1-8-10(15)5-3-7-12(8)17-13-9(14(18)19)4-2-6-11(13)16/h2-7,17H,16H2,1H3,(H,18,19). The Balaban J connectivity index is 2.49. The molecule has 0 heterocycles. The van der Waals surface area contributed by atoms with Crippen LogP contribution in [0.5, 0.6) is 0 Å². The van der Waals surface area contributed by atoms with Gasteiger partial charge in [-0.3, -0.25) is 0 Å². The highest BCUT2D eigenvalue weighted by molar-refractivity contribution is 6.31. The Kier molecular flexibility index (Phi) is 3.62. The van der Waals surface area contributed by atoms with Gasteiger partial charge in [-0.15, -0.1) is 0 Å². The number of nitrogens with one attached hydrogen (secondary N) is 1. The topological polar surface area (TPSA) is 75.3 Å². The second kappa shape index (κ2) is 5.20. The molecular weight excluding hydrogens is 264 g/mol. The van der Waals surface area contributed by atoms with Gasteiger partial charge in [0.05, 0.1) is 16.9 Å². The van der Waals surface area contributed by atoms with Crippen molar-refractivity contribution < 1.29 is 9.90 Å². The van der Waals surface area contributed by atoms with Gasteiger partial charge in [0.1, 0.15) is 0 Å². The molecule has 0 saturated carbocycles. The zero-order chi connectivity index (χ0) is 14.0. The third kappa shape index (κ3) is 2.63. The molecule has 0 amide bonds. The zero-order valence-corrected chi connectivity index (χ0v) is 11.0. The minimum atomic E-state index is -1.03. The number of nitrogens with two attached hydrogens (primary N) is 1. The molecule has 2 aromatic rings. The number of hydrogen-bond acceptors (Lipinski definition) is 3. The first-order valence-electron chi connectivity index (χ1n) is 5.64. The van der Waals surface area contributed by atoms with Gasteiger partial charge in [-0.1, -0.05) is 23.7 Å². The Morgan fingerprint density at radius 1 is 1.26 bits per heavy atom. The lowest BCUT2D eigenvalue weighted by Crippen LogP contribution is -2.06. The van der Waals surface area contributed by atoms with E-state index in [1.54, 1.807) is 24.3 Å². The summed E-state index contributed by atoms with van der Waals surface area (Å²) in [7, 11) is 0. The molecule has 0 aliphatic rings. The first-order chi connectivity index (χ1) is 9.00. The molecule has 0 spiro atoms. The predicted octanol–water partition coefficient (Wildman–Crippen LogP) is 3.67. The fourth-order valence-electron chi connectivity index (χ4n) is 1.77. The van der Waals surface area contributed by atoms with Crippen molar-refractivity contribution in [3.05, 3.63) is 52.5 Å². The van der Waals surface area contributed by atoms with Crippen LogP contribution >= 0.6 is 11.6 Å². The Morgan fingerprint density at radius 3 is 2.63 bits per heavy atom. The highest BCUT2D eigenvalue weighted by atomic mass is 35.5. The van der Waals surface area contributed by atoms with E-state index in [4.69, 9.17) is 17.3 Å². The normalized spacial score (nSPS) is 10.2. The van der Waals surface area contributed by atoms with Crippen molar-refractivity contribution >= 4 is 34.6 Å². The number of aromatic carboxylic acids is 1. The highest BCUT2D eigenvalue weighted by Gasteiger charge is 2.13. The number of carbonyl (C=O) groups is 1. The number of nitrogen functional groups attached to an aromatic ring is 1. The molecule has 0 aliphatic carbocycles. The van der Waals surface area contributed by atoms with E-state index in [0.717, 1.165) is 11.3 Å². The number of carboxylic acids is 1. The molecule has 5 heteroatoms. The summed E-state index contributed by atoms with van der Waals surface area (Å²) in [5.74, 6) is -1.03. The first kappa shape index (κ1) is 13.2. The quantitative estimate of drug-likeness (QED) is 0.748. The summed E-state index contributed by atoms with van der Waals surface area (Å²) in [6.07, 6.45) is 0. The zero-order valence-electron chi connectivity index (χ0n) is 10.3. The molecule has 98 valence electrons. The summed E-state index contributed by atoms with van der Waals surface area (Å²) < 4.78 is 0. The van der Waals surface area contributed by atoms with E-state index in [1.807, 2.05) is 13.0 Å². The molecule has 0 unspecified atom stereocenters. The number of halogens is 1. The minimum Gasteiger partial charge on any atom is -0.478 e. The van der Waals surface area contributed by atoms with Crippen LogP contribution in [0.2, 0.25) is 5.02 Å². The number of hydrogen-bond donors (Lipinski definition) is 3. The van der Waals surface area contributed by atoms with Crippen LogP contribution in [0.15, 0.2) is 36.4 Å². The lowest BCUT2D eigenvalue weighted by atomic mass is 10.1. The highest BCUT2D eigenvalue weighted by Crippen LogP contribution is 2.31. The van der Waals surface area contributed by atoms with Crippen molar-refractivity contribution in [3.63, 3.8) is 0 Å². The van der Waals surface area contributed by atoms with E-state index in [-0.39, 0.29) is 5.56 Å². The number of para-hydroxylation sites is 1. The second-order valence-corrected chi connectivity index (χ2v) is 4.52. The maximum atomic E-state index is 11.2. The number of anilines is 3. The largest absolute Gasteiger partial charge is 0.478 e. The molecule has 0 atom stereocenters. The molecule has 4 N–H and O–H groups in total. The SMILES string of the molecule is Cc1c(Cl)cccc1Nc1c(N)cccc1C(=O)O. The molecule has 2 aromatic carbocycles. The van der Waals surface area contributed by atoms with Gasteiger partial charge in [-0.05, 0) is 36.8 Å². The van der Waals surface area contributed by atoms with Gasteiger partial charge in [0.25, 0.3) is 0 Å². The van der Waals surface area contributed by atoms with Gasteiger partial charge in [0.2, 0.25) is 0 Å². The molecule has 0 radical (unpaired) electrons. The summed E-state index contributed by atoms with van der Waals surface area (Å²) >= 11 is 6.03. The monoisotopic (exact) mass is 276 g/mol. The van der Waals surface area contributed by atoms with Crippen LogP contribution < -0.4 is 11.1 Å². The van der Waals surface area contributed by atoms with Crippen molar-refractivity contribution in [2.45, 2.75) is 6.92 Å². The molecule has 4 nitrogen and oxygen atoms in total. The summed E-state index contributed by atoms with van der Waals surface area (Å²) in [5.41, 5.74) is 8.28. The second-order valence-electron chi connectivity index (χ2n) is 4.11. The number of carboxylic acid groups (broad SMARTS) is 1. The smallest absolute Gasteiger partial charge is 0.337 e. The van der Waals surface area contributed by atoms with E-state index in [1.165, 1.54) is 6.07 Å². The molecule has 0 aliphatic heterocycles. The maximum Gasteiger partial charge on any atom is 0.337 e. The van der Waals surface area contributed by atoms with Gasteiger partial charge in [0, 0.05) is 10.7 Å². The lowest BCUT2D eigenvalue weighted by molar-refractivity contribution is 0.0698. The van der Waals surface area contributed by atoms with Crippen LogP contribution in [0, 0.1) is 6.92 Å². The number of benzene rings is 2. The average molecular weight is 277 g/mol. The maximum absolute atomic E-state index is 11.2. The third-order valence-electron chi connectivity index (χ3n) is 2.85. The fraction of sp³-hybridized carbons (Fsp3) is 0.0714.